The number of sulfone groups is 1. The second-order valence-electron chi connectivity index (χ2n) is 4.68. The summed E-state index contributed by atoms with van der Waals surface area (Å²) in [5.41, 5.74) is 1.85. The van der Waals surface area contributed by atoms with E-state index in [0.717, 1.165) is 11.3 Å². The Morgan fingerprint density at radius 1 is 1.05 bits per heavy atom. The van der Waals surface area contributed by atoms with Gasteiger partial charge in [0.1, 0.15) is 0 Å². The highest BCUT2D eigenvalue weighted by molar-refractivity contribution is 7.90. The van der Waals surface area contributed by atoms with Crippen molar-refractivity contribution in [1.29, 1.82) is 0 Å². The molecule has 3 nitrogen and oxygen atoms in total. The predicted molar refractivity (Wildman–Crippen MR) is 83.0 cm³/mol. The molecule has 0 heterocycles. The van der Waals surface area contributed by atoms with Gasteiger partial charge >= 0.3 is 0 Å². The monoisotopic (exact) mass is 309 g/mol. The summed E-state index contributed by atoms with van der Waals surface area (Å²) >= 11 is 6.15. The second kappa shape index (κ2) is 5.85. The largest absolute Gasteiger partial charge is 0.378 e. The first kappa shape index (κ1) is 14.9. The van der Waals surface area contributed by atoms with E-state index >= 15 is 0 Å². The van der Waals surface area contributed by atoms with E-state index in [1.807, 2.05) is 31.2 Å². The number of nitrogens with one attached hydrogen (secondary N) is 1. The van der Waals surface area contributed by atoms with Crippen LogP contribution in [0.4, 0.5) is 5.69 Å². The van der Waals surface area contributed by atoms with Gasteiger partial charge in [-0.05, 0) is 42.8 Å². The number of hydrogen-bond donors (Lipinski definition) is 1. The molecule has 1 N–H and O–H groups in total. The normalized spacial score (nSPS) is 12.9. The van der Waals surface area contributed by atoms with E-state index in [-0.39, 0.29) is 6.04 Å². The minimum atomic E-state index is -3.16. The van der Waals surface area contributed by atoms with E-state index in [0.29, 0.717) is 9.92 Å². The quantitative estimate of drug-likeness (QED) is 0.931. The lowest BCUT2D eigenvalue weighted by molar-refractivity contribution is 0.602. The standard InChI is InChI=1S/C15H16ClNO2S/c1-11(14-5-3-4-6-15(14)16)17-12-7-9-13(10-8-12)20(2,18)19/h3-11,17H,1-2H3. The maximum atomic E-state index is 11.4. The van der Waals surface area contributed by atoms with E-state index in [4.69, 9.17) is 11.6 Å². The SMILES string of the molecule is CC(Nc1ccc(S(C)(=O)=O)cc1)c1ccccc1Cl. The van der Waals surface area contributed by atoms with Crippen molar-refractivity contribution < 1.29 is 8.42 Å². The molecule has 2 aromatic carbocycles. The number of anilines is 1. The molecule has 0 aliphatic carbocycles. The molecule has 0 amide bonds. The highest BCUT2D eigenvalue weighted by Crippen LogP contribution is 2.26. The Morgan fingerprint density at radius 3 is 2.20 bits per heavy atom. The molecule has 2 rings (SSSR count). The molecule has 0 aliphatic heterocycles. The Hall–Kier alpha value is -1.52. The molecule has 0 saturated carbocycles. The lowest BCUT2D eigenvalue weighted by Gasteiger charge is -2.17. The fourth-order valence-corrected chi connectivity index (χ4v) is 2.88. The Kier molecular flexibility index (Phi) is 4.35. The molecule has 0 spiro atoms. The third kappa shape index (κ3) is 3.52. The van der Waals surface area contributed by atoms with Crippen molar-refractivity contribution in [2.24, 2.45) is 0 Å². The van der Waals surface area contributed by atoms with Gasteiger partial charge in [0.25, 0.3) is 0 Å². The van der Waals surface area contributed by atoms with Gasteiger partial charge < -0.3 is 5.32 Å². The van der Waals surface area contributed by atoms with Gasteiger partial charge in [-0.2, -0.15) is 0 Å². The van der Waals surface area contributed by atoms with Gasteiger partial charge in [0.05, 0.1) is 4.90 Å². The fourth-order valence-electron chi connectivity index (χ4n) is 1.95. The number of benzene rings is 2. The molecule has 0 radical (unpaired) electrons. The molecule has 0 aliphatic rings. The number of halogens is 1. The molecule has 0 aromatic heterocycles. The highest BCUT2D eigenvalue weighted by atomic mass is 35.5. The van der Waals surface area contributed by atoms with Crippen molar-refractivity contribution >= 4 is 27.1 Å². The summed E-state index contributed by atoms with van der Waals surface area (Å²) < 4.78 is 22.8. The molecular weight excluding hydrogens is 294 g/mol. The zero-order valence-corrected chi connectivity index (χ0v) is 12.9. The van der Waals surface area contributed by atoms with Crippen molar-refractivity contribution in [3.8, 4) is 0 Å². The lowest BCUT2D eigenvalue weighted by atomic mass is 10.1. The van der Waals surface area contributed by atoms with Crippen LogP contribution in [-0.2, 0) is 9.84 Å². The summed E-state index contributed by atoms with van der Waals surface area (Å²) in [7, 11) is -3.16. The van der Waals surface area contributed by atoms with Crippen LogP contribution in [-0.4, -0.2) is 14.7 Å². The van der Waals surface area contributed by atoms with E-state index in [1.54, 1.807) is 24.3 Å². The smallest absolute Gasteiger partial charge is 0.175 e. The minimum Gasteiger partial charge on any atom is -0.378 e. The van der Waals surface area contributed by atoms with Crippen molar-refractivity contribution in [2.45, 2.75) is 17.9 Å². The third-order valence-electron chi connectivity index (χ3n) is 3.04. The lowest BCUT2D eigenvalue weighted by Crippen LogP contribution is -2.07. The Balaban J connectivity index is 2.17. The van der Waals surface area contributed by atoms with E-state index < -0.39 is 9.84 Å². The van der Waals surface area contributed by atoms with Crippen LogP contribution in [0.1, 0.15) is 18.5 Å². The maximum Gasteiger partial charge on any atom is 0.175 e. The van der Waals surface area contributed by atoms with Crippen LogP contribution < -0.4 is 5.32 Å². The van der Waals surface area contributed by atoms with Crippen molar-refractivity contribution in [3.63, 3.8) is 0 Å². The van der Waals surface area contributed by atoms with Gasteiger partial charge in [0, 0.05) is 23.0 Å². The van der Waals surface area contributed by atoms with Gasteiger partial charge in [0.15, 0.2) is 9.84 Å². The summed E-state index contributed by atoms with van der Waals surface area (Å²) in [5.74, 6) is 0. The van der Waals surface area contributed by atoms with Crippen LogP contribution in [0.25, 0.3) is 0 Å². The molecule has 1 atom stereocenters. The summed E-state index contributed by atoms with van der Waals surface area (Å²) in [4.78, 5) is 0.313. The minimum absolute atomic E-state index is 0.0350. The Bertz CT molecular complexity index is 696. The average molecular weight is 310 g/mol. The van der Waals surface area contributed by atoms with Gasteiger partial charge in [-0.1, -0.05) is 29.8 Å². The molecule has 0 bridgehead atoms. The fraction of sp³-hybridized carbons (Fsp3) is 0.200. The van der Waals surface area contributed by atoms with E-state index in [1.165, 1.54) is 6.26 Å². The Labute approximate surface area is 124 Å². The Morgan fingerprint density at radius 2 is 1.65 bits per heavy atom. The van der Waals surface area contributed by atoms with Crippen molar-refractivity contribution in [1.82, 2.24) is 0 Å². The summed E-state index contributed by atoms with van der Waals surface area (Å²) in [6.07, 6.45) is 1.20. The van der Waals surface area contributed by atoms with Crippen LogP contribution in [0, 0.1) is 0 Å². The topological polar surface area (TPSA) is 46.2 Å². The second-order valence-corrected chi connectivity index (χ2v) is 7.11. The molecule has 5 heteroatoms. The molecule has 20 heavy (non-hydrogen) atoms. The molecule has 1 unspecified atom stereocenters. The van der Waals surface area contributed by atoms with E-state index in [9.17, 15) is 8.42 Å². The van der Waals surface area contributed by atoms with Gasteiger partial charge in [-0.3, -0.25) is 0 Å². The first-order valence-electron chi connectivity index (χ1n) is 6.19. The van der Waals surface area contributed by atoms with Crippen LogP contribution in [0.15, 0.2) is 53.4 Å². The van der Waals surface area contributed by atoms with Gasteiger partial charge in [-0.25, -0.2) is 8.42 Å². The van der Waals surface area contributed by atoms with Crippen LogP contribution in [0.2, 0.25) is 5.02 Å². The number of rotatable bonds is 4. The zero-order chi connectivity index (χ0) is 14.8. The zero-order valence-electron chi connectivity index (χ0n) is 11.3. The maximum absolute atomic E-state index is 11.4. The number of hydrogen-bond acceptors (Lipinski definition) is 3. The van der Waals surface area contributed by atoms with Gasteiger partial charge in [-0.15, -0.1) is 0 Å². The summed E-state index contributed by atoms with van der Waals surface area (Å²) in [6, 6.07) is 14.4. The summed E-state index contributed by atoms with van der Waals surface area (Å²) in [5, 5.41) is 4.01. The highest BCUT2D eigenvalue weighted by Gasteiger charge is 2.10. The van der Waals surface area contributed by atoms with Crippen LogP contribution in [0.3, 0.4) is 0 Å². The van der Waals surface area contributed by atoms with Crippen LogP contribution >= 0.6 is 11.6 Å². The first-order chi connectivity index (χ1) is 9.38. The molecule has 0 saturated heterocycles. The van der Waals surface area contributed by atoms with Crippen LogP contribution in [0.5, 0.6) is 0 Å². The molecular formula is C15H16ClNO2S. The van der Waals surface area contributed by atoms with E-state index in [2.05, 4.69) is 5.32 Å². The average Bonchev–Trinajstić information content (AvgIpc) is 2.38. The van der Waals surface area contributed by atoms with Crippen molar-refractivity contribution in [3.05, 3.63) is 59.1 Å². The predicted octanol–water partition coefficient (Wildman–Crippen LogP) is 3.92. The molecule has 2 aromatic rings. The van der Waals surface area contributed by atoms with Crippen molar-refractivity contribution in [2.75, 3.05) is 11.6 Å². The molecule has 106 valence electrons. The third-order valence-corrected chi connectivity index (χ3v) is 4.51. The first-order valence-corrected chi connectivity index (χ1v) is 8.46. The molecule has 0 fully saturated rings. The summed E-state index contributed by atoms with van der Waals surface area (Å²) in [6.45, 7) is 2.01. The van der Waals surface area contributed by atoms with Gasteiger partial charge in [0.2, 0.25) is 0 Å².